The maximum absolute atomic E-state index is 14.2. The van der Waals surface area contributed by atoms with Crippen molar-refractivity contribution in [3.63, 3.8) is 0 Å². The summed E-state index contributed by atoms with van der Waals surface area (Å²) in [5.41, 5.74) is 5.58. The van der Waals surface area contributed by atoms with Crippen LogP contribution in [-0.4, -0.2) is 51.5 Å². The van der Waals surface area contributed by atoms with Crippen molar-refractivity contribution in [1.82, 2.24) is 15.2 Å². The van der Waals surface area contributed by atoms with Gasteiger partial charge in [0.25, 0.3) is 5.91 Å². The van der Waals surface area contributed by atoms with E-state index < -0.39 is 36.0 Å². The largest absolute Gasteiger partial charge is 0.489 e. The molecule has 0 bridgehead atoms. The highest BCUT2D eigenvalue weighted by molar-refractivity contribution is 6.42. The zero-order chi connectivity index (χ0) is 42.1. The second-order valence-corrected chi connectivity index (χ2v) is 15.5. The fourth-order valence-electron chi connectivity index (χ4n) is 7.38. The summed E-state index contributed by atoms with van der Waals surface area (Å²) in [6.45, 7) is 3.79. The molecule has 1 aromatic heterocycles. The number of halogens is 3. The topological polar surface area (TPSA) is 140 Å². The van der Waals surface area contributed by atoms with Crippen LogP contribution >= 0.6 is 23.2 Å². The molecule has 60 heavy (non-hydrogen) atoms. The summed E-state index contributed by atoms with van der Waals surface area (Å²) >= 11 is 12.2. The Morgan fingerprint density at radius 1 is 0.883 bits per heavy atom. The van der Waals surface area contributed by atoms with E-state index >= 15 is 0 Å². The molecule has 0 saturated carbocycles. The van der Waals surface area contributed by atoms with E-state index in [1.165, 1.54) is 17.0 Å². The molecule has 306 valence electrons. The fraction of sp³-hybridized carbons (Fsp3) is 0.217. The number of hydrogen-bond donors (Lipinski definition) is 2. The fourth-order valence-corrected chi connectivity index (χ4v) is 7.70. The third-order valence-electron chi connectivity index (χ3n) is 10.6. The molecule has 11 nitrogen and oxygen atoms in total. The second-order valence-electron chi connectivity index (χ2n) is 14.7. The van der Waals surface area contributed by atoms with E-state index in [4.69, 9.17) is 41.8 Å². The highest BCUT2D eigenvalue weighted by Gasteiger charge is 2.39. The lowest BCUT2D eigenvalue weighted by Crippen LogP contribution is -2.56. The summed E-state index contributed by atoms with van der Waals surface area (Å²) in [4.78, 5) is 46.5. The molecule has 2 aliphatic rings. The maximum atomic E-state index is 14.2. The maximum Gasteiger partial charge on any atom is 0.326 e. The number of aliphatic carboxylic acids is 1. The first-order chi connectivity index (χ1) is 28.9. The van der Waals surface area contributed by atoms with Gasteiger partial charge in [0.1, 0.15) is 42.6 Å². The van der Waals surface area contributed by atoms with E-state index in [-0.39, 0.29) is 37.5 Å². The van der Waals surface area contributed by atoms with Crippen molar-refractivity contribution in [3.05, 3.63) is 164 Å². The number of carbonyl (C=O) groups excluding carboxylic acids is 2. The third-order valence-corrected chi connectivity index (χ3v) is 11.3. The number of carboxylic acid groups (broad SMARTS) is 1. The summed E-state index contributed by atoms with van der Waals surface area (Å²) < 4.78 is 37.6. The van der Waals surface area contributed by atoms with Gasteiger partial charge in [-0.25, -0.2) is 14.2 Å². The Bertz CT molecular complexity index is 2580. The van der Waals surface area contributed by atoms with Gasteiger partial charge in [0.15, 0.2) is 29.2 Å². The number of nitrogens with zero attached hydrogens (tertiary/aromatic N) is 2. The lowest BCUT2D eigenvalue weighted by Gasteiger charge is -2.37. The number of amides is 2. The van der Waals surface area contributed by atoms with Gasteiger partial charge in [-0.2, -0.15) is 0 Å². The van der Waals surface area contributed by atoms with Crippen molar-refractivity contribution in [2.24, 2.45) is 0 Å². The predicted molar refractivity (Wildman–Crippen MR) is 221 cm³/mol. The van der Waals surface area contributed by atoms with Crippen molar-refractivity contribution < 1.29 is 42.5 Å². The van der Waals surface area contributed by atoms with Gasteiger partial charge in [0.05, 0.1) is 10.0 Å². The smallest absolute Gasteiger partial charge is 0.326 e. The molecule has 8 rings (SSSR count). The first-order valence-corrected chi connectivity index (χ1v) is 19.9. The molecule has 3 heterocycles. The Balaban J connectivity index is 0.989. The van der Waals surface area contributed by atoms with E-state index in [2.05, 4.69) is 10.3 Å². The van der Waals surface area contributed by atoms with E-state index in [1.807, 2.05) is 54.6 Å². The van der Waals surface area contributed by atoms with Crippen LogP contribution in [0.1, 0.15) is 56.1 Å². The van der Waals surface area contributed by atoms with Crippen LogP contribution in [0, 0.1) is 19.7 Å². The molecule has 6 aromatic rings. The second kappa shape index (κ2) is 17.1. The Labute approximate surface area is 354 Å². The molecule has 0 saturated heterocycles. The first-order valence-electron chi connectivity index (χ1n) is 19.1. The molecule has 0 radical (unpaired) electrons. The summed E-state index contributed by atoms with van der Waals surface area (Å²) in [5.74, 6) is -0.539. The molecule has 14 heteroatoms. The summed E-state index contributed by atoms with van der Waals surface area (Å²) in [5, 5.41) is 13.8. The van der Waals surface area contributed by atoms with Crippen LogP contribution in [-0.2, 0) is 35.6 Å². The molecule has 2 N–H and O–H groups in total. The van der Waals surface area contributed by atoms with E-state index in [0.29, 0.717) is 51.1 Å². The zero-order valence-electron chi connectivity index (χ0n) is 32.4. The van der Waals surface area contributed by atoms with Crippen molar-refractivity contribution in [2.45, 2.75) is 58.0 Å². The summed E-state index contributed by atoms with van der Waals surface area (Å²) in [6, 6.07) is 27.3. The number of fused-ring (bicyclic) bond motifs is 2. The van der Waals surface area contributed by atoms with Gasteiger partial charge in [-0.3, -0.25) is 9.59 Å². The third kappa shape index (κ3) is 8.80. The van der Waals surface area contributed by atoms with Gasteiger partial charge < -0.3 is 34.0 Å². The van der Waals surface area contributed by atoms with Crippen molar-refractivity contribution in [3.8, 4) is 28.4 Å². The minimum Gasteiger partial charge on any atom is -0.489 e. The summed E-state index contributed by atoms with van der Waals surface area (Å²) in [7, 11) is 0. The first kappa shape index (κ1) is 40.4. The van der Waals surface area contributed by atoms with Crippen molar-refractivity contribution in [1.29, 1.82) is 0 Å². The number of benzene rings is 5. The lowest BCUT2D eigenvalue weighted by atomic mass is 9.91. The number of ether oxygens (including phenoxy) is 3. The molecule has 0 spiro atoms. The standard InChI is InChI=1S/C46H38Cl2FN3O8/c1-25-43(50-26(2)59-25)45(54)52-22-33-21-41-40(58-24-42(60-41)31-10-14-35(15-11-31)57-23-28-5-16-36(47)37(48)17-28)20-32(33)19-39(52)44(53)51-38(46(55)56)18-27-3-6-29(7-4-27)30-8-12-34(49)13-9-30/h3-17,20-21,38-39,42H,18-19,22-24H2,1-2H3,(H,51,53)(H,55,56)/t38?,39-,42+/m0/s1. The van der Waals surface area contributed by atoms with Gasteiger partial charge >= 0.3 is 5.97 Å². The number of oxazole rings is 1. The molecule has 3 atom stereocenters. The molecule has 0 aliphatic carbocycles. The Morgan fingerprint density at radius 3 is 2.23 bits per heavy atom. The zero-order valence-corrected chi connectivity index (χ0v) is 33.9. The Morgan fingerprint density at radius 2 is 1.57 bits per heavy atom. The summed E-state index contributed by atoms with van der Waals surface area (Å²) in [6.07, 6.45) is -0.379. The van der Waals surface area contributed by atoms with E-state index in [1.54, 1.807) is 50.2 Å². The van der Waals surface area contributed by atoms with Crippen LogP contribution in [0.25, 0.3) is 11.1 Å². The van der Waals surface area contributed by atoms with E-state index in [9.17, 15) is 23.9 Å². The number of aryl methyl sites for hydroxylation is 2. The minimum atomic E-state index is -1.30. The quantitative estimate of drug-likeness (QED) is 0.131. The van der Waals surface area contributed by atoms with Gasteiger partial charge in [0.2, 0.25) is 5.91 Å². The van der Waals surface area contributed by atoms with Gasteiger partial charge in [-0.1, -0.05) is 77.8 Å². The molecular formula is C46H38Cl2FN3O8. The van der Waals surface area contributed by atoms with Crippen LogP contribution in [0.15, 0.2) is 108 Å². The number of rotatable bonds is 11. The van der Waals surface area contributed by atoms with Crippen LogP contribution in [0.2, 0.25) is 10.0 Å². The predicted octanol–water partition coefficient (Wildman–Crippen LogP) is 8.88. The lowest BCUT2D eigenvalue weighted by molar-refractivity contribution is -0.142. The van der Waals surface area contributed by atoms with Gasteiger partial charge in [-0.15, -0.1) is 0 Å². The van der Waals surface area contributed by atoms with Crippen LogP contribution in [0.3, 0.4) is 0 Å². The Hall–Kier alpha value is -6.37. The van der Waals surface area contributed by atoms with Crippen molar-refractivity contribution in [2.75, 3.05) is 6.61 Å². The van der Waals surface area contributed by atoms with Crippen LogP contribution in [0.4, 0.5) is 4.39 Å². The molecule has 2 aliphatic heterocycles. The number of aromatic nitrogens is 1. The highest BCUT2D eigenvalue weighted by atomic mass is 35.5. The minimum absolute atomic E-state index is 0.00631. The molecule has 5 aromatic carbocycles. The van der Waals surface area contributed by atoms with Crippen LogP contribution < -0.4 is 19.5 Å². The average molecular weight is 851 g/mol. The van der Waals surface area contributed by atoms with E-state index in [0.717, 1.165) is 33.4 Å². The molecule has 0 fully saturated rings. The number of nitrogens with one attached hydrogen (secondary N) is 1. The number of hydrogen-bond acceptors (Lipinski definition) is 8. The number of carboxylic acids is 1. The monoisotopic (exact) mass is 849 g/mol. The normalized spacial score (nSPS) is 16.1. The average Bonchev–Trinajstić information content (AvgIpc) is 3.59. The van der Waals surface area contributed by atoms with Crippen molar-refractivity contribution >= 4 is 41.0 Å². The van der Waals surface area contributed by atoms with Gasteiger partial charge in [-0.05, 0) is 94.4 Å². The van der Waals surface area contributed by atoms with Crippen LogP contribution in [0.5, 0.6) is 17.2 Å². The van der Waals surface area contributed by atoms with Gasteiger partial charge in [0, 0.05) is 26.3 Å². The SMILES string of the molecule is Cc1nc(C(=O)N2Cc3cc4c(cc3C[C@H]2C(=O)NC(Cc2ccc(-c3ccc(F)cc3)cc2)C(=O)O)OC[C@H](c2ccc(OCc3ccc(Cl)c(Cl)c3)cc2)O4)c(C)o1. The number of carbonyl (C=O) groups is 3. The highest BCUT2D eigenvalue weighted by Crippen LogP contribution is 2.41. The molecule has 2 amide bonds. The Kier molecular flexibility index (Phi) is 11.5. The molecular weight excluding hydrogens is 812 g/mol. The molecule has 1 unspecified atom stereocenters.